The first-order valence-electron chi connectivity index (χ1n) is 11.0. The third kappa shape index (κ3) is 5.85. The molecule has 1 atom stereocenters. The molecule has 174 valence electrons. The minimum absolute atomic E-state index is 0.0441. The minimum atomic E-state index is -0.169. The maximum Gasteiger partial charge on any atom is 0.257 e. The molecule has 2 aromatic heterocycles. The van der Waals surface area contributed by atoms with Gasteiger partial charge in [0.1, 0.15) is 0 Å². The lowest BCUT2D eigenvalue weighted by atomic mass is 9.87. The first-order valence-corrected chi connectivity index (χ1v) is 12.7. The Balaban J connectivity index is 1.36. The van der Waals surface area contributed by atoms with Gasteiger partial charge < -0.3 is 5.32 Å². The number of hydrogen-bond acceptors (Lipinski definition) is 7. The highest BCUT2D eigenvalue weighted by atomic mass is 32.1. The fourth-order valence-corrected chi connectivity index (χ4v) is 5.33. The quantitative estimate of drug-likeness (QED) is 0.501. The molecule has 7 nitrogen and oxygen atoms in total. The van der Waals surface area contributed by atoms with Crippen LogP contribution >= 0.6 is 22.7 Å². The summed E-state index contributed by atoms with van der Waals surface area (Å²) in [6.07, 6.45) is 3.70. The van der Waals surface area contributed by atoms with Crippen molar-refractivity contribution < 1.29 is 9.59 Å². The summed E-state index contributed by atoms with van der Waals surface area (Å²) in [5.74, 6) is -0.239. The average Bonchev–Trinajstić information content (AvgIpc) is 3.49. The number of benzene rings is 1. The van der Waals surface area contributed by atoms with Crippen molar-refractivity contribution in [1.29, 1.82) is 0 Å². The number of rotatable bonds is 6. The highest BCUT2D eigenvalue weighted by Gasteiger charge is 2.30. The number of amides is 2. The monoisotopic (exact) mass is 483 g/mol. The summed E-state index contributed by atoms with van der Waals surface area (Å²) < 4.78 is 0. The van der Waals surface area contributed by atoms with E-state index in [1.165, 1.54) is 28.2 Å². The molecule has 1 aliphatic heterocycles. The van der Waals surface area contributed by atoms with E-state index in [-0.39, 0.29) is 23.3 Å². The van der Waals surface area contributed by atoms with E-state index in [1.807, 2.05) is 36.6 Å². The Labute approximate surface area is 202 Å². The lowest BCUT2D eigenvalue weighted by Gasteiger charge is -2.22. The number of aromatic nitrogens is 2. The molecule has 0 saturated carbocycles. The van der Waals surface area contributed by atoms with Gasteiger partial charge in [0, 0.05) is 22.0 Å². The molecule has 1 aromatic carbocycles. The van der Waals surface area contributed by atoms with Crippen molar-refractivity contribution in [2.75, 3.05) is 23.7 Å². The zero-order valence-corrected chi connectivity index (χ0v) is 21.0. The second-order valence-electron chi connectivity index (χ2n) is 9.31. The van der Waals surface area contributed by atoms with E-state index in [0.717, 1.165) is 30.0 Å². The lowest BCUT2D eigenvalue weighted by molar-refractivity contribution is -0.117. The summed E-state index contributed by atoms with van der Waals surface area (Å²) in [7, 11) is 0. The molecule has 9 heteroatoms. The molecule has 1 unspecified atom stereocenters. The van der Waals surface area contributed by atoms with Crippen LogP contribution in [0.15, 0.2) is 35.8 Å². The summed E-state index contributed by atoms with van der Waals surface area (Å²) >= 11 is 2.88. The van der Waals surface area contributed by atoms with Crippen molar-refractivity contribution >= 4 is 44.8 Å². The van der Waals surface area contributed by atoms with Gasteiger partial charge in [0.05, 0.1) is 18.3 Å². The number of thiazole rings is 2. The number of nitrogens with one attached hydrogen (secondary N) is 2. The Morgan fingerprint density at radius 3 is 2.58 bits per heavy atom. The molecular weight excluding hydrogens is 454 g/mol. The Kier molecular flexibility index (Phi) is 6.92. The van der Waals surface area contributed by atoms with E-state index in [9.17, 15) is 9.59 Å². The molecular formula is C24H29N5O2S2. The molecule has 2 N–H and O–H groups in total. The summed E-state index contributed by atoms with van der Waals surface area (Å²) in [6.45, 7) is 9.54. The average molecular weight is 484 g/mol. The van der Waals surface area contributed by atoms with E-state index in [1.54, 1.807) is 6.20 Å². The molecule has 3 heterocycles. The van der Waals surface area contributed by atoms with Crippen LogP contribution in [-0.2, 0) is 10.2 Å². The van der Waals surface area contributed by atoms with Gasteiger partial charge in [-0.25, -0.2) is 9.97 Å². The van der Waals surface area contributed by atoms with Crippen LogP contribution in [0.2, 0.25) is 0 Å². The van der Waals surface area contributed by atoms with E-state index in [0.29, 0.717) is 22.4 Å². The number of hydrogen-bond donors (Lipinski definition) is 2. The van der Waals surface area contributed by atoms with Crippen molar-refractivity contribution in [2.45, 2.75) is 52.0 Å². The maximum atomic E-state index is 12.7. The first kappa shape index (κ1) is 23.5. The molecule has 1 fully saturated rings. The largest absolute Gasteiger partial charge is 0.301 e. The highest BCUT2D eigenvalue weighted by Crippen LogP contribution is 2.33. The van der Waals surface area contributed by atoms with Crippen LogP contribution in [0.25, 0.3) is 0 Å². The van der Waals surface area contributed by atoms with Gasteiger partial charge in [-0.05, 0) is 49.4 Å². The lowest BCUT2D eigenvalue weighted by Crippen LogP contribution is -2.33. The van der Waals surface area contributed by atoms with Gasteiger partial charge in [0.2, 0.25) is 5.91 Å². The van der Waals surface area contributed by atoms with Crippen LogP contribution in [-0.4, -0.2) is 39.8 Å². The van der Waals surface area contributed by atoms with Crippen molar-refractivity contribution in [3.63, 3.8) is 0 Å². The molecule has 3 aromatic rings. The third-order valence-electron chi connectivity index (χ3n) is 5.67. The minimum Gasteiger partial charge on any atom is -0.301 e. The number of likely N-dealkylation sites (tertiary alicyclic amines) is 1. The molecule has 2 amide bonds. The van der Waals surface area contributed by atoms with Crippen LogP contribution in [0.3, 0.4) is 0 Å². The standard InChI is InChI=1S/C24H29N5O2S2/c1-15-12-25-22(33-15)27-20(30)13-29-11-5-6-19(29)18-14-32-23(26-18)28-21(31)16-7-9-17(10-8-16)24(2,3)4/h7-10,12,14,19H,5-6,11,13H2,1-4H3,(H,25,27,30)(H,26,28,31). The highest BCUT2D eigenvalue weighted by molar-refractivity contribution is 7.15. The summed E-state index contributed by atoms with van der Waals surface area (Å²) in [5, 5.41) is 8.97. The molecule has 1 aliphatic rings. The van der Waals surface area contributed by atoms with Gasteiger partial charge in [-0.15, -0.1) is 22.7 Å². The Hall–Kier alpha value is -2.62. The summed E-state index contributed by atoms with van der Waals surface area (Å²) in [5.41, 5.74) is 2.73. The van der Waals surface area contributed by atoms with Crippen molar-refractivity contribution in [3.8, 4) is 0 Å². The summed E-state index contributed by atoms with van der Waals surface area (Å²) in [6, 6.07) is 7.77. The molecule has 0 radical (unpaired) electrons. The van der Waals surface area contributed by atoms with Crippen molar-refractivity contribution in [3.05, 3.63) is 57.5 Å². The van der Waals surface area contributed by atoms with Crippen LogP contribution in [0, 0.1) is 6.92 Å². The van der Waals surface area contributed by atoms with Crippen LogP contribution in [0.4, 0.5) is 10.3 Å². The van der Waals surface area contributed by atoms with Crippen LogP contribution in [0.1, 0.15) is 66.1 Å². The molecule has 0 aliphatic carbocycles. The molecule has 0 spiro atoms. The third-order valence-corrected chi connectivity index (χ3v) is 7.28. The topological polar surface area (TPSA) is 87.2 Å². The summed E-state index contributed by atoms with van der Waals surface area (Å²) in [4.78, 5) is 37.2. The smallest absolute Gasteiger partial charge is 0.257 e. The van der Waals surface area contributed by atoms with Crippen LogP contribution < -0.4 is 10.6 Å². The van der Waals surface area contributed by atoms with Gasteiger partial charge in [-0.2, -0.15) is 0 Å². The van der Waals surface area contributed by atoms with Gasteiger partial charge >= 0.3 is 0 Å². The fourth-order valence-electron chi connectivity index (χ4n) is 3.89. The zero-order chi connectivity index (χ0) is 23.6. The number of carbonyl (C=O) groups is 2. The van der Waals surface area contributed by atoms with E-state index >= 15 is 0 Å². The second-order valence-corrected chi connectivity index (χ2v) is 11.4. The Morgan fingerprint density at radius 1 is 1.15 bits per heavy atom. The fraction of sp³-hybridized carbons (Fsp3) is 0.417. The van der Waals surface area contributed by atoms with Crippen molar-refractivity contribution in [1.82, 2.24) is 14.9 Å². The zero-order valence-electron chi connectivity index (χ0n) is 19.3. The number of carbonyl (C=O) groups excluding carboxylic acids is 2. The molecule has 4 rings (SSSR count). The normalized spacial score (nSPS) is 16.7. The second kappa shape index (κ2) is 9.70. The molecule has 33 heavy (non-hydrogen) atoms. The van der Waals surface area contributed by atoms with E-state index in [2.05, 4.69) is 46.3 Å². The maximum absolute atomic E-state index is 12.7. The Bertz CT molecular complexity index is 1130. The van der Waals surface area contributed by atoms with E-state index in [4.69, 9.17) is 0 Å². The SMILES string of the molecule is Cc1cnc(NC(=O)CN2CCCC2c2csc(NC(=O)c3ccc(C(C)(C)C)cc3)n2)s1. The van der Waals surface area contributed by atoms with Gasteiger partial charge in [-0.1, -0.05) is 32.9 Å². The first-order chi connectivity index (χ1) is 15.7. The predicted octanol–water partition coefficient (Wildman–Crippen LogP) is 5.23. The number of anilines is 2. The number of nitrogens with zero attached hydrogens (tertiary/aromatic N) is 3. The molecule has 0 bridgehead atoms. The van der Waals surface area contributed by atoms with Crippen molar-refractivity contribution in [2.24, 2.45) is 0 Å². The Morgan fingerprint density at radius 2 is 1.91 bits per heavy atom. The van der Waals surface area contributed by atoms with Crippen LogP contribution in [0.5, 0.6) is 0 Å². The van der Waals surface area contributed by atoms with Gasteiger partial charge in [0.25, 0.3) is 5.91 Å². The van der Waals surface area contributed by atoms with E-state index < -0.39 is 0 Å². The predicted molar refractivity (Wildman–Crippen MR) is 134 cm³/mol. The number of aryl methyl sites for hydroxylation is 1. The van der Waals surface area contributed by atoms with Gasteiger partial charge in [-0.3, -0.25) is 19.8 Å². The molecule has 1 saturated heterocycles. The van der Waals surface area contributed by atoms with Gasteiger partial charge in [0.15, 0.2) is 10.3 Å².